The molecule has 2 saturated heterocycles. The molecular weight excluding hydrogens is 512 g/mol. The van der Waals surface area contributed by atoms with Gasteiger partial charge in [-0.25, -0.2) is 13.2 Å². The van der Waals surface area contributed by atoms with E-state index in [0.717, 1.165) is 19.3 Å². The van der Waals surface area contributed by atoms with E-state index in [1.54, 1.807) is 0 Å². The summed E-state index contributed by atoms with van der Waals surface area (Å²) in [6.07, 6.45) is 2.99. The van der Waals surface area contributed by atoms with Crippen molar-refractivity contribution >= 4 is 37.8 Å². The van der Waals surface area contributed by atoms with Gasteiger partial charge in [-0.1, -0.05) is 20.8 Å². The van der Waals surface area contributed by atoms with Gasteiger partial charge in [-0.05, 0) is 64.2 Å². The van der Waals surface area contributed by atoms with Crippen LogP contribution in [0.25, 0.3) is 0 Å². The van der Waals surface area contributed by atoms with Crippen LogP contribution in [0.1, 0.15) is 50.4 Å². The van der Waals surface area contributed by atoms with Gasteiger partial charge in [0.15, 0.2) is 6.61 Å². The Morgan fingerprint density at radius 2 is 1.88 bits per heavy atom. The van der Waals surface area contributed by atoms with E-state index in [1.807, 2.05) is 4.90 Å². The molecule has 2 atom stereocenters. The molecule has 0 spiro atoms. The molecule has 2 heterocycles. The van der Waals surface area contributed by atoms with Crippen molar-refractivity contribution in [2.24, 2.45) is 10.8 Å². The lowest BCUT2D eigenvalue weighted by atomic mass is 9.65. The molecule has 1 amide bonds. The highest BCUT2D eigenvalue weighted by atomic mass is 79.9. The van der Waals surface area contributed by atoms with Gasteiger partial charge in [0.1, 0.15) is 0 Å². The van der Waals surface area contributed by atoms with Crippen molar-refractivity contribution in [2.75, 3.05) is 39.5 Å². The Labute approximate surface area is 203 Å². The number of rotatable bonds is 5. The molecule has 0 radical (unpaired) electrons. The predicted octanol–water partition coefficient (Wildman–Crippen LogP) is 3.05. The number of carbonyl (C=O) groups excluding carboxylic acids is 2. The number of halogens is 1. The van der Waals surface area contributed by atoms with Gasteiger partial charge in [0.05, 0.1) is 23.7 Å². The topological polar surface area (TPSA) is 93.2 Å². The summed E-state index contributed by atoms with van der Waals surface area (Å²) < 4.78 is 38.3. The zero-order valence-corrected chi connectivity index (χ0v) is 21.7. The molecule has 1 aromatic carbocycles. The Balaban J connectivity index is 1.43. The molecule has 8 nitrogen and oxygen atoms in total. The minimum Gasteiger partial charge on any atom is -0.452 e. The standard InChI is InChI=1S/C23H31BrN2O6S/c1-22(2)11-17-12-23(3,14-22)15-26(17)20(27)13-32-21(28)16-4-5-18(24)19(10-16)33(29,30)25-6-8-31-9-7-25/h4-5,10,17H,6-9,11-15H2,1-3H3. The highest BCUT2D eigenvalue weighted by Crippen LogP contribution is 2.52. The minimum absolute atomic E-state index is 0.00586. The molecule has 10 heteroatoms. The Hall–Kier alpha value is -1.49. The first-order valence-corrected chi connectivity index (χ1v) is 13.5. The summed E-state index contributed by atoms with van der Waals surface area (Å²) in [6.45, 7) is 8.19. The number of ether oxygens (including phenoxy) is 2. The average Bonchev–Trinajstić information content (AvgIpc) is 3.01. The van der Waals surface area contributed by atoms with E-state index >= 15 is 0 Å². The summed E-state index contributed by atoms with van der Waals surface area (Å²) >= 11 is 3.28. The number of fused-ring (bicyclic) bond motifs is 2. The molecular formula is C23H31BrN2O6S. The maximum Gasteiger partial charge on any atom is 0.338 e. The zero-order chi connectivity index (χ0) is 24.0. The monoisotopic (exact) mass is 542 g/mol. The van der Waals surface area contributed by atoms with E-state index in [2.05, 4.69) is 36.7 Å². The molecule has 0 aromatic heterocycles. The SMILES string of the molecule is CC1(C)CC2CC(C)(CN2C(=O)COC(=O)c2ccc(Br)c(S(=O)(=O)N3CCOCC3)c2)C1. The number of morpholine rings is 1. The van der Waals surface area contributed by atoms with Crippen molar-refractivity contribution in [1.82, 2.24) is 9.21 Å². The van der Waals surface area contributed by atoms with Crippen LogP contribution >= 0.6 is 15.9 Å². The van der Waals surface area contributed by atoms with E-state index in [4.69, 9.17) is 9.47 Å². The van der Waals surface area contributed by atoms with Crippen molar-refractivity contribution in [2.45, 2.75) is 51.0 Å². The lowest BCUT2D eigenvalue weighted by molar-refractivity contribution is -0.135. The lowest BCUT2D eigenvalue weighted by Gasteiger charge is -2.39. The first-order valence-electron chi connectivity index (χ1n) is 11.2. The highest BCUT2D eigenvalue weighted by Gasteiger charge is 2.51. The van der Waals surface area contributed by atoms with Crippen molar-refractivity contribution in [1.29, 1.82) is 0 Å². The van der Waals surface area contributed by atoms with Crippen LogP contribution in [0.3, 0.4) is 0 Å². The predicted molar refractivity (Wildman–Crippen MR) is 125 cm³/mol. The number of sulfonamides is 1. The Bertz CT molecular complexity index is 1050. The average molecular weight is 543 g/mol. The van der Waals surface area contributed by atoms with E-state index in [9.17, 15) is 18.0 Å². The Kier molecular flexibility index (Phi) is 6.67. The fraction of sp³-hybridized carbons (Fsp3) is 0.652. The normalized spacial score (nSPS) is 27.4. The van der Waals surface area contributed by atoms with Crippen LogP contribution < -0.4 is 0 Å². The Morgan fingerprint density at radius 3 is 2.58 bits per heavy atom. The van der Waals surface area contributed by atoms with Gasteiger partial charge in [0.25, 0.3) is 5.91 Å². The highest BCUT2D eigenvalue weighted by molar-refractivity contribution is 9.10. The van der Waals surface area contributed by atoms with Crippen molar-refractivity contribution < 1.29 is 27.5 Å². The molecule has 1 saturated carbocycles. The number of benzene rings is 1. The van der Waals surface area contributed by atoms with Crippen LogP contribution in [0, 0.1) is 10.8 Å². The summed E-state index contributed by atoms with van der Waals surface area (Å²) in [7, 11) is -3.80. The largest absolute Gasteiger partial charge is 0.452 e. The second kappa shape index (κ2) is 8.94. The number of likely N-dealkylation sites (tertiary alicyclic amines) is 1. The van der Waals surface area contributed by atoms with E-state index in [-0.39, 0.29) is 52.9 Å². The number of hydrogen-bond acceptors (Lipinski definition) is 6. The summed E-state index contributed by atoms with van der Waals surface area (Å²) in [5, 5.41) is 0. The minimum atomic E-state index is -3.80. The van der Waals surface area contributed by atoms with Crippen molar-refractivity contribution in [3.05, 3.63) is 28.2 Å². The molecule has 2 aliphatic heterocycles. The number of carbonyl (C=O) groups is 2. The molecule has 3 fully saturated rings. The molecule has 0 N–H and O–H groups in total. The third kappa shape index (κ3) is 5.13. The van der Waals surface area contributed by atoms with Gasteiger partial charge >= 0.3 is 5.97 Å². The molecule has 1 aromatic rings. The molecule has 182 valence electrons. The lowest BCUT2D eigenvalue weighted by Crippen LogP contribution is -2.40. The van der Waals surface area contributed by atoms with Crippen LogP contribution in [0.4, 0.5) is 0 Å². The fourth-order valence-corrected chi connectivity index (χ4v) is 8.16. The van der Waals surface area contributed by atoms with Crippen LogP contribution in [-0.4, -0.2) is 75.0 Å². The van der Waals surface area contributed by atoms with Crippen LogP contribution in [0.15, 0.2) is 27.6 Å². The third-order valence-corrected chi connectivity index (χ3v) is 9.71. The van der Waals surface area contributed by atoms with Gasteiger partial charge in [0.2, 0.25) is 10.0 Å². The molecule has 2 bridgehead atoms. The van der Waals surface area contributed by atoms with Gasteiger partial charge in [-0.2, -0.15) is 4.31 Å². The molecule has 2 unspecified atom stereocenters. The third-order valence-electron chi connectivity index (χ3n) is 6.82. The maximum atomic E-state index is 13.0. The van der Waals surface area contributed by atoms with E-state index in [1.165, 1.54) is 22.5 Å². The second-order valence-electron chi connectivity index (χ2n) is 10.5. The molecule has 4 rings (SSSR count). The van der Waals surface area contributed by atoms with Crippen molar-refractivity contribution in [3.63, 3.8) is 0 Å². The first-order chi connectivity index (χ1) is 15.4. The zero-order valence-electron chi connectivity index (χ0n) is 19.3. The first kappa shape index (κ1) is 24.6. The smallest absolute Gasteiger partial charge is 0.338 e. The van der Waals surface area contributed by atoms with Gasteiger partial charge in [0, 0.05) is 30.1 Å². The number of amides is 1. The molecule has 33 heavy (non-hydrogen) atoms. The summed E-state index contributed by atoms with van der Waals surface area (Å²) in [4.78, 5) is 27.4. The molecule has 1 aliphatic carbocycles. The molecule has 3 aliphatic rings. The van der Waals surface area contributed by atoms with E-state index in [0.29, 0.717) is 24.2 Å². The maximum absolute atomic E-state index is 13.0. The van der Waals surface area contributed by atoms with Crippen LogP contribution in [0.5, 0.6) is 0 Å². The van der Waals surface area contributed by atoms with E-state index < -0.39 is 16.0 Å². The number of hydrogen-bond donors (Lipinski definition) is 0. The van der Waals surface area contributed by atoms with Crippen LogP contribution in [-0.2, 0) is 24.3 Å². The quantitative estimate of drug-likeness (QED) is 0.531. The summed E-state index contributed by atoms with van der Waals surface area (Å²) in [6, 6.07) is 4.47. The number of nitrogens with zero attached hydrogens (tertiary/aromatic N) is 2. The van der Waals surface area contributed by atoms with Gasteiger partial charge in [-0.15, -0.1) is 0 Å². The van der Waals surface area contributed by atoms with Gasteiger partial charge in [-0.3, -0.25) is 4.79 Å². The second-order valence-corrected chi connectivity index (χ2v) is 13.2. The van der Waals surface area contributed by atoms with Crippen molar-refractivity contribution in [3.8, 4) is 0 Å². The summed E-state index contributed by atoms with van der Waals surface area (Å²) in [5.74, 6) is -0.920. The number of esters is 1. The Morgan fingerprint density at radius 1 is 1.18 bits per heavy atom. The summed E-state index contributed by atoms with van der Waals surface area (Å²) in [5.41, 5.74) is 0.370. The van der Waals surface area contributed by atoms with Gasteiger partial charge < -0.3 is 14.4 Å². The fourth-order valence-electron chi connectivity index (χ4n) is 5.80. The van der Waals surface area contributed by atoms with Crippen LogP contribution in [0.2, 0.25) is 0 Å².